The minimum Gasteiger partial charge on any atom is -0.350 e. The van der Waals surface area contributed by atoms with Gasteiger partial charge in [-0.2, -0.15) is 0 Å². The molecule has 0 bridgehead atoms. The summed E-state index contributed by atoms with van der Waals surface area (Å²) in [5, 5.41) is 6.00. The van der Waals surface area contributed by atoms with Gasteiger partial charge in [0.25, 0.3) is 0 Å². The van der Waals surface area contributed by atoms with E-state index in [0.717, 1.165) is 24.0 Å². The molecule has 2 N–H and O–H groups in total. The molecule has 0 aliphatic carbocycles. The number of amides is 2. The van der Waals surface area contributed by atoms with Gasteiger partial charge in [0.1, 0.15) is 5.54 Å². The van der Waals surface area contributed by atoms with E-state index >= 15 is 0 Å². The lowest BCUT2D eigenvalue weighted by atomic mass is 9.86. The average molecular weight is 337 g/mol. The summed E-state index contributed by atoms with van der Waals surface area (Å²) in [6.45, 7) is 0.449. The van der Waals surface area contributed by atoms with E-state index in [0.29, 0.717) is 25.8 Å². The first kappa shape index (κ1) is 17.1. The molecular weight excluding hydrogens is 314 g/mol. The van der Waals surface area contributed by atoms with Crippen LogP contribution in [0.3, 0.4) is 0 Å². The van der Waals surface area contributed by atoms with E-state index in [2.05, 4.69) is 15.6 Å². The summed E-state index contributed by atoms with van der Waals surface area (Å²) in [7, 11) is 0. The second-order valence-corrected chi connectivity index (χ2v) is 6.54. The van der Waals surface area contributed by atoms with Crippen LogP contribution < -0.4 is 10.6 Å². The van der Waals surface area contributed by atoms with Crippen LogP contribution in [0, 0.1) is 0 Å². The molecule has 5 heteroatoms. The standard InChI is InChI=1S/C20H23N3O2/c24-18-10-4-5-11-20(23-18,13-17-9-6-12-21-14-17)19(25)22-15-16-7-2-1-3-8-16/h1-3,6-9,12,14H,4-5,10-11,13,15H2,(H,22,25)(H,23,24). The summed E-state index contributed by atoms with van der Waals surface area (Å²) in [6, 6.07) is 13.6. The third-order valence-corrected chi connectivity index (χ3v) is 4.60. The molecule has 2 amide bonds. The number of hydrogen-bond donors (Lipinski definition) is 2. The van der Waals surface area contributed by atoms with Gasteiger partial charge < -0.3 is 10.6 Å². The Morgan fingerprint density at radius 2 is 1.92 bits per heavy atom. The monoisotopic (exact) mass is 337 g/mol. The van der Waals surface area contributed by atoms with E-state index in [4.69, 9.17) is 0 Å². The van der Waals surface area contributed by atoms with Crippen LogP contribution in [0.25, 0.3) is 0 Å². The number of rotatable bonds is 5. The van der Waals surface area contributed by atoms with Gasteiger partial charge >= 0.3 is 0 Å². The molecule has 1 aliphatic heterocycles. The Balaban J connectivity index is 1.79. The predicted molar refractivity (Wildman–Crippen MR) is 95.6 cm³/mol. The van der Waals surface area contributed by atoms with Crippen LogP contribution in [0.2, 0.25) is 0 Å². The van der Waals surface area contributed by atoms with Gasteiger partial charge in [-0.3, -0.25) is 14.6 Å². The van der Waals surface area contributed by atoms with Gasteiger partial charge in [-0.15, -0.1) is 0 Å². The van der Waals surface area contributed by atoms with Crippen LogP contribution in [-0.2, 0) is 22.6 Å². The first-order valence-electron chi connectivity index (χ1n) is 8.70. The molecule has 0 radical (unpaired) electrons. The third kappa shape index (κ3) is 4.44. The number of carbonyl (C=O) groups excluding carboxylic acids is 2. The molecule has 1 aromatic carbocycles. The second-order valence-electron chi connectivity index (χ2n) is 6.54. The molecule has 130 valence electrons. The zero-order valence-corrected chi connectivity index (χ0v) is 14.2. The summed E-state index contributed by atoms with van der Waals surface area (Å²) in [5.74, 6) is -0.188. The number of pyridine rings is 1. The molecule has 1 fully saturated rings. The van der Waals surface area contributed by atoms with Gasteiger partial charge in [-0.25, -0.2) is 0 Å². The van der Waals surface area contributed by atoms with Crippen molar-refractivity contribution in [2.45, 2.75) is 44.2 Å². The van der Waals surface area contributed by atoms with Crippen molar-refractivity contribution >= 4 is 11.8 Å². The largest absolute Gasteiger partial charge is 0.350 e. The Morgan fingerprint density at radius 1 is 1.12 bits per heavy atom. The van der Waals surface area contributed by atoms with Crippen molar-refractivity contribution in [2.24, 2.45) is 0 Å². The first-order chi connectivity index (χ1) is 12.2. The smallest absolute Gasteiger partial charge is 0.246 e. The van der Waals surface area contributed by atoms with E-state index in [1.807, 2.05) is 42.5 Å². The number of nitrogens with one attached hydrogen (secondary N) is 2. The molecule has 1 atom stereocenters. The van der Waals surface area contributed by atoms with Crippen LogP contribution in [-0.4, -0.2) is 22.3 Å². The molecule has 25 heavy (non-hydrogen) atoms. The average Bonchev–Trinajstić information content (AvgIpc) is 2.83. The molecule has 1 saturated heterocycles. The van der Waals surface area contributed by atoms with Crippen molar-refractivity contribution < 1.29 is 9.59 Å². The maximum absolute atomic E-state index is 13.0. The zero-order chi connectivity index (χ0) is 17.5. The van der Waals surface area contributed by atoms with E-state index in [1.54, 1.807) is 12.4 Å². The van der Waals surface area contributed by atoms with Gasteiger partial charge in [-0.1, -0.05) is 42.8 Å². The Labute approximate surface area is 147 Å². The molecule has 1 aliphatic rings. The maximum atomic E-state index is 13.0. The van der Waals surface area contributed by atoms with Crippen LogP contribution in [0.5, 0.6) is 0 Å². The molecule has 5 nitrogen and oxygen atoms in total. The number of hydrogen-bond acceptors (Lipinski definition) is 3. The van der Waals surface area contributed by atoms with Gasteiger partial charge in [0, 0.05) is 31.8 Å². The fourth-order valence-corrected chi connectivity index (χ4v) is 3.29. The molecule has 3 rings (SSSR count). The minimum atomic E-state index is -0.911. The summed E-state index contributed by atoms with van der Waals surface area (Å²) < 4.78 is 0. The van der Waals surface area contributed by atoms with Crippen LogP contribution >= 0.6 is 0 Å². The molecule has 0 spiro atoms. The van der Waals surface area contributed by atoms with Crippen LogP contribution in [0.15, 0.2) is 54.9 Å². The summed E-state index contributed by atoms with van der Waals surface area (Å²) in [6.07, 6.45) is 6.67. The highest BCUT2D eigenvalue weighted by molar-refractivity contribution is 5.92. The molecule has 1 unspecified atom stereocenters. The second kappa shape index (κ2) is 7.92. The lowest BCUT2D eigenvalue weighted by Gasteiger charge is -2.32. The molecule has 0 saturated carbocycles. The molecular formula is C20H23N3O2. The Bertz CT molecular complexity index is 718. The predicted octanol–water partition coefficient (Wildman–Crippen LogP) is 2.37. The van der Waals surface area contributed by atoms with Crippen molar-refractivity contribution in [3.05, 3.63) is 66.0 Å². The van der Waals surface area contributed by atoms with Crippen molar-refractivity contribution in [3.8, 4) is 0 Å². The third-order valence-electron chi connectivity index (χ3n) is 4.60. The van der Waals surface area contributed by atoms with Crippen molar-refractivity contribution in [1.82, 2.24) is 15.6 Å². The lowest BCUT2D eigenvalue weighted by molar-refractivity contribution is -0.133. The molecule has 2 heterocycles. The van der Waals surface area contributed by atoms with Gasteiger partial charge in [0.05, 0.1) is 0 Å². The molecule has 1 aromatic heterocycles. The highest BCUT2D eigenvalue weighted by Gasteiger charge is 2.40. The lowest BCUT2D eigenvalue weighted by Crippen LogP contribution is -2.59. The van der Waals surface area contributed by atoms with Crippen LogP contribution in [0.4, 0.5) is 0 Å². The van der Waals surface area contributed by atoms with Crippen LogP contribution in [0.1, 0.15) is 36.8 Å². The van der Waals surface area contributed by atoms with E-state index in [-0.39, 0.29) is 11.8 Å². The summed E-state index contributed by atoms with van der Waals surface area (Å²) >= 11 is 0. The fourth-order valence-electron chi connectivity index (χ4n) is 3.29. The topological polar surface area (TPSA) is 71.1 Å². The van der Waals surface area contributed by atoms with Gasteiger partial charge in [0.15, 0.2) is 0 Å². The SMILES string of the molecule is O=C1CCCCC(Cc2cccnc2)(C(=O)NCc2ccccc2)N1. The number of aromatic nitrogens is 1. The molecule has 2 aromatic rings. The highest BCUT2D eigenvalue weighted by Crippen LogP contribution is 2.24. The van der Waals surface area contributed by atoms with Crippen molar-refractivity contribution in [2.75, 3.05) is 0 Å². The van der Waals surface area contributed by atoms with E-state index < -0.39 is 5.54 Å². The first-order valence-corrected chi connectivity index (χ1v) is 8.70. The van der Waals surface area contributed by atoms with E-state index in [1.165, 1.54) is 0 Å². The van der Waals surface area contributed by atoms with Gasteiger partial charge in [0.2, 0.25) is 11.8 Å². The minimum absolute atomic E-state index is 0.0590. The van der Waals surface area contributed by atoms with Crippen molar-refractivity contribution in [3.63, 3.8) is 0 Å². The Hall–Kier alpha value is -2.69. The zero-order valence-electron chi connectivity index (χ0n) is 14.2. The van der Waals surface area contributed by atoms with Crippen molar-refractivity contribution in [1.29, 1.82) is 0 Å². The number of carbonyl (C=O) groups is 2. The normalized spacial score (nSPS) is 20.4. The number of benzene rings is 1. The fraction of sp³-hybridized carbons (Fsp3) is 0.350. The Morgan fingerprint density at radius 3 is 2.68 bits per heavy atom. The van der Waals surface area contributed by atoms with E-state index in [9.17, 15) is 9.59 Å². The maximum Gasteiger partial charge on any atom is 0.246 e. The summed E-state index contributed by atoms with van der Waals surface area (Å²) in [4.78, 5) is 29.3. The summed E-state index contributed by atoms with van der Waals surface area (Å²) in [5.41, 5.74) is 1.07. The van der Waals surface area contributed by atoms with Gasteiger partial charge in [-0.05, 0) is 30.0 Å². The number of nitrogens with zero attached hydrogens (tertiary/aromatic N) is 1. The highest BCUT2D eigenvalue weighted by atomic mass is 16.2. The quantitative estimate of drug-likeness (QED) is 0.880. The Kier molecular flexibility index (Phi) is 5.43.